The Bertz CT molecular complexity index is 438. The second kappa shape index (κ2) is 3.74. The Hall–Kier alpha value is -1.50. The first-order chi connectivity index (χ1) is 8.27. The summed E-state index contributed by atoms with van der Waals surface area (Å²) < 4.78 is 0. The molecule has 0 saturated carbocycles. The molecule has 1 heterocycles. The summed E-state index contributed by atoms with van der Waals surface area (Å²) in [6.45, 7) is 3.87. The molecule has 1 aliphatic carbocycles. The molecular formula is C11H17N3O4. The lowest BCUT2D eigenvalue weighted by molar-refractivity contribution is -0.640. The van der Waals surface area contributed by atoms with E-state index in [1.165, 1.54) is 0 Å². The molecule has 1 aliphatic heterocycles. The van der Waals surface area contributed by atoms with E-state index in [-0.39, 0.29) is 28.9 Å². The van der Waals surface area contributed by atoms with Crippen LogP contribution < -0.4 is 0 Å². The molecule has 0 radical (unpaired) electrons. The molecule has 2 aliphatic rings. The molecule has 18 heavy (non-hydrogen) atoms. The van der Waals surface area contributed by atoms with Gasteiger partial charge in [0.05, 0.1) is 13.1 Å². The van der Waals surface area contributed by atoms with E-state index in [1.807, 2.05) is 0 Å². The Kier molecular flexibility index (Phi) is 2.69. The number of hydrogen-bond acceptors (Lipinski definition) is 5. The zero-order valence-electron chi connectivity index (χ0n) is 10.7. The Morgan fingerprint density at radius 1 is 1.22 bits per heavy atom. The van der Waals surface area contributed by atoms with Gasteiger partial charge >= 0.3 is 0 Å². The van der Waals surface area contributed by atoms with E-state index in [0.29, 0.717) is 0 Å². The predicted molar refractivity (Wildman–Crippen MR) is 64.4 cm³/mol. The first-order valence-electron chi connectivity index (χ1n) is 5.94. The van der Waals surface area contributed by atoms with Crippen LogP contribution in [0.1, 0.15) is 13.8 Å². The molecular weight excluding hydrogens is 238 g/mol. The highest BCUT2D eigenvalue weighted by atomic mass is 16.6. The van der Waals surface area contributed by atoms with Crippen molar-refractivity contribution in [1.29, 1.82) is 0 Å². The molecule has 0 N–H and O–H groups in total. The quantitative estimate of drug-likeness (QED) is 0.413. The van der Waals surface area contributed by atoms with Crippen LogP contribution in [0, 0.1) is 32.1 Å². The van der Waals surface area contributed by atoms with Crippen molar-refractivity contribution in [2.24, 2.45) is 11.8 Å². The van der Waals surface area contributed by atoms with Gasteiger partial charge in [0.1, 0.15) is 5.92 Å². The Labute approximate surface area is 105 Å². The second-order valence-electron chi connectivity index (χ2n) is 5.54. The third-order valence-electron chi connectivity index (χ3n) is 4.69. The fourth-order valence-corrected chi connectivity index (χ4v) is 3.50. The number of fused-ring (bicyclic) bond motifs is 2. The van der Waals surface area contributed by atoms with Crippen molar-refractivity contribution in [3.05, 3.63) is 32.4 Å². The van der Waals surface area contributed by atoms with Gasteiger partial charge in [0, 0.05) is 15.8 Å². The van der Waals surface area contributed by atoms with E-state index >= 15 is 0 Å². The van der Waals surface area contributed by atoms with Crippen LogP contribution in [0.25, 0.3) is 0 Å². The van der Waals surface area contributed by atoms with Gasteiger partial charge in [-0.25, -0.2) is 0 Å². The summed E-state index contributed by atoms with van der Waals surface area (Å²) in [7, 11) is 1.70. The number of piperidine rings is 1. The maximum atomic E-state index is 11.5. The summed E-state index contributed by atoms with van der Waals surface area (Å²) >= 11 is 0. The highest BCUT2D eigenvalue weighted by Crippen LogP contribution is 2.47. The van der Waals surface area contributed by atoms with Gasteiger partial charge in [-0.05, 0) is 20.0 Å². The van der Waals surface area contributed by atoms with Gasteiger partial charge in [0.15, 0.2) is 0 Å². The van der Waals surface area contributed by atoms with Crippen LogP contribution in [0.4, 0.5) is 0 Å². The third-order valence-corrected chi connectivity index (χ3v) is 4.69. The molecule has 100 valence electrons. The van der Waals surface area contributed by atoms with Crippen molar-refractivity contribution in [3.63, 3.8) is 0 Å². The van der Waals surface area contributed by atoms with E-state index in [9.17, 15) is 20.2 Å². The van der Waals surface area contributed by atoms with Crippen LogP contribution in [0.3, 0.4) is 0 Å². The van der Waals surface area contributed by atoms with Gasteiger partial charge in [0.2, 0.25) is 5.54 Å². The third kappa shape index (κ3) is 1.33. The molecule has 0 aromatic heterocycles. The lowest BCUT2D eigenvalue weighted by atomic mass is 9.60. The smallest absolute Gasteiger partial charge is 0.262 e. The van der Waals surface area contributed by atoms with Crippen LogP contribution in [0.2, 0.25) is 0 Å². The molecule has 4 atom stereocenters. The Balaban J connectivity index is 2.63. The number of nitro groups is 2. The number of hydrogen-bond donors (Lipinski definition) is 0. The van der Waals surface area contributed by atoms with Crippen molar-refractivity contribution in [2.45, 2.75) is 24.9 Å². The van der Waals surface area contributed by atoms with Crippen molar-refractivity contribution >= 4 is 0 Å². The molecule has 2 rings (SSSR count). The van der Waals surface area contributed by atoms with Gasteiger partial charge in [-0.3, -0.25) is 25.1 Å². The van der Waals surface area contributed by atoms with E-state index in [0.717, 1.165) is 0 Å². The number of likely N-dealkylation sites (N-methyl/N-ethyl adjacent to an activating group) is 1. The summed E-state index contributed by atoms with van der Waals surface area (Å²) in [5.41, 5.74) is -2.61. The summed E-state index contributed by atoms with van der Waals surface area (Å²) in [6.07, 6.45) is 3.19. The maximum absolute atomic E-state index is 11.5. The average molecular weight is 255 g/mol. The highest BCUT2D eigenvalue weighted by molar-refractivity contribution is 5.22. The fraction of sp³-hybridized carbons (Fsp3) is 0.818. The minimum absolute atomic E-state index is 0.222. The average Bonchev–Trinajstić information content (AvgIpc) is 2.26. The lowest BCUT2D eigenvalue weighted by Crippen LogP contribution is -2.72. The Morgan fingerprint density at radius 2 is 1.83 bits per heavy atom. The minimum Gasteiger partial charge on any atom is -0.292 e. The van der Waals surface area contributed by atoms with Crippen molar-refractivity contribution < 1.29 is 9.85 Å². The van der Waals surface area contributed by atoms with Gasteiger partial charge < -0.3 is 0 Å². The largest absolute Gasteiger partial charge is 0.292 e. The first-order valence-corrected chi connectivity index (χ1v) is 5.94. The standard InChI is InChI=1S/C11H17N3O4/c1-8-4-5-10(13(15)16)6-12(3)7-11(8,9(10)2)14(17)18/h4-5,8-9H,6-7H2,1-3H3. The maximum Gasteiger partial charge on any atom is 0.262 e. The summed E-state index contributed by atoms with van der Waals surface area (Å²) in [6, 6.07) is 0. The van der Waals surface area contributed by atoms with E-state index in [1.54, 1.807) is 37.9 Å². The van der Waals surface area contributed by atoms with Crippen molar-refractivity contribution in [3.8, 4) is 0 Å². The molecule has 2 bridgehead atoms. The second-order valence-corrected chi connectivity index (χ2v) is 5.54. The zero-order chi connectivity index (χ0) is 13.7. The number of likely N-dealkylation sites (tertiary alicyclic amines) is 1. The summed E-state index contributed by atoms with van der Waals surface area (Å²) in [4.78, 5) is 24.0. The lowest BCUT2D eigenvalue weighted by Gasteiger charge is -2.49. The van der Waals surface area contributed by atoms with Crippen molar-refractivity contribution in [1.82, 2.24) is 4.90 Å². The number of nitrogens with zero attached hydrogens (tertiary/aromatic N) is 3. The Morgan fingerprint density at radius 3 is 2.33 bits per heavy atom. The molecule has 0 aromatic carbocycles. The highest BCUT2D eigenvalue weighted by Gasteiger charge is 2.70. The molecule has 0 spiro atoms. The molecule has 0 aromatic rings. The van der Waals surface area contributed by atoms with Gasteiger partial charge in [0.25, 0.3) is 5.54 Å². The van der Waals surface area contributed by atoms with Crippen LogP contribution in [0.15, 0.2) is 12.2 Å². The van der Waals surface area contributed by atoms with E-state index in [4.69, 9.17) is 0 Å². The van der Waals surface area contributed by atoms with Crippen molar-refractivity contribution in [2.75, 3.05) is 20.1 Å². The number of rotatable bonds is 2. The predicted octanol–water partition coefficient (Wildman–Crippen LogP) is 0.805. The molecule has 7 nitrogen and oxygen atoms in total. The minimum atomic E-state index is -1.34. The SMILES string of the molecule is CC1C=CC2([N+](=O)[O-])CN(C)CC1([N+](=O)[O-])C2C. The zero-order valence-corrected chi connectivity index (χ0v) is 10.7. The molecule has 4 unspecified atom stereocenters. The van der Waals surface area contributed by atoms with E-state index in [2.05, 4.69) is 0 Å². The topological polar surface area (TPSA) is 89.5 Å². The fourth-order valence-electron chi connectivity index (χ4n) is 3.50. The monoisotopic (exact) mass is 255 g/mol. The molecule has 7 heteroatoms. The van der Waals surface area contributed by atoms with Crippen LogP contribution in [-0.4, -0.2) is 46.0 Å². The molecule has 1 saturated heterocycles. The van der Waals surface area contributed by atoms with Gasteiger partial charge in [-0.15, -0.1) is 0 Å². The summed E-state index contributed by atoms with van der Waals surface area (Å²) in [5.74, 6) is -0.926. The molecule has 1 fully saturated rings. The first kappa shape index (κ1) is 12.9. The van der Waals surface area contributed by atoms with Crippen LogP contribution in [0.5, 0.6) is 0 Å². The van der Waals surface area contributed by atoms with Crippen LogP contribution >= 0.6 is 0 Å². The van der Waals surface area contributed by atoms with E-state index < -0.39 is 17.0 Å². The molecule has 0 amide bonds. The van der Waals surface area contributed by atoms with Gasteiger partial charge in [-0.1, -0.05) is 13.0 Å². The summed E-state index contributed by atoms with van der Waals surface area (Å²) in [5, 5.41) is 23.0. The van der Waals surface area contributed by atoms with Crippen LogP contribution in [-0.2, 0) is 0 Å². The normalized spacial score (nSPS) is 43.7. The van der Waals surface area contributed by atoms with Gasteiger partial charge in [-0.2, -0.15) is 0 Å².